The van der Waals surface area contributed by atoms with Gasteiger partial charge in [0.1, 0.15) is 0 Å². The average molecular weight is 1340 g/mol. The number of hydrogen-bond donors (Lipinski definition) is 0. The molecule has 2 unspecified atom stereocenters. The molecule has 0 saturated carbocycles. The topological polar surface area (TPSA) is 40.6 Å². The van der Waals surface area contributed by atoms with Crippen molar-refractivity contribution in [1.82, 2.24) is 19.6 Å². The molecule has 0 aromatic rings. The number of ether oxygens (including phenoxy) is 3. The first-order valence-corrected chi connectivity index (χ1v) is 16.9. The van der Waals surface area contributed by atoms with E-state index in [1.807, 2.05) is 0 Å². The summed E-state index contributed by atoms with van der Waals surface area (Å²) in [7, 11) is 0. The second-order valence-electron chi connectivity index (χ2n) is 14.5. The van der Waals surface area contributed by atoms with E-state index in [1.54, 1.807) is 0 Å². The molecule has 0 amide bonds. The van der Waals surface area contributed by atoms with Gasteiger partial charge in [0.15, 0.2) is 0 Å². The standard InChI is InChI=1S/C24F50N4O3/c25-1(26,9(43,44)77(11(47,48)5(31,32)33)12(49,50)6(34,35)36)3(29,75-15(55,56)21(67,68)80-22(69,70)16(75,57)58)19(63,64)79-20(65,66)4(30,76-17(59,60)23(71,72)81-24(73,74)18(76,61)62)2(27,28)10(45,46)78(13(51,52)7(37,38)39)14(53,54)8(40,41)42. The van der Waals surface area contributed by atoms with Gasteiger partial charge in [-0.2, -0.15) is 211 Å². The monoisotopic (exact) mass is 1340 g/mol. The molecule has 2 rings (SSSR count). The van der Waals surface area contributed by atoms with Gasteiger partial charge in [0.25, 0.3) is 0 Å². The smallest absolute Gasteiger partial charge is 0.247 e. The van der Waals surface area contributed by atoms with E-state index >= 15 is 61.5 Å². The van der Waals surface area contributed by atoms with Crippen LogP contribution >= 0.6 is 0 Å². The van der Waals surface area contributed by atoms with Crippen molar-refractivity contribution in [3.63, 3.8) is 0 Å². The van der Waals surface area contributed by atoms with E-state index in [-0.39, 0.29) is 4.74 Å². The van der Waals surface area contributed by atoms with Crippen LogP contribution in [0.5, 0.6) is 0 Å². The normalized spacial score (nSPS) is 24.7. The minimum absolute atomic E-state index is 0.0450. The molecule has 0 aromatic carbocycles. The van der Waals surface area contributed by atoms with Crippen molar-refractivity contribution in [1.29, 1.82) is 0 Å². The second-order valence-corrected chi connectivity index (χ2v) is 14.5. The molecule has 484 valence electrons. The largest absolute Gasteiger partial charge is 0.469 e. The third kappa shape index (κ3) is 9.32. The van der Waals surface area contributed by atoms with Crippen molar-refractivity contribution in [3.8, 4) is 0 Å². The van der Waals surface area contributed by atoms with Gasteiger partial charge in [0, 0.05) is 0 Å². The lowest BCUT2D eigenvalue weighted by Crippen LogP contribution is -2.89. The summed E-state index contributed by atoms with van der Waals surface area (Å²) >= 11 is 0. The summed E-state index contributed by atoms with van der Waals surface area (Å²) in [6.07, 6.45) is -97.2. The Hall–Kier alpha value is -3.78. The van der Waals surface area contributed by atoms with Crippen LogP contribution in [0, 0.1) is 0 Å². The number of hydrogen-bond acceptors (Lipinski definition) is 7. The molecule has 2 heterocycles. The summed E-state index contributed by atoms with van der Waals surface area (Å²) in [5.41, 5.74) is 0. The van der Waals surface area contributed by atoms with Gasteiger partial charge in [-0.25, -0.2) is 23.0 Å². The molecule has 2 aliphatic rings. The van der Waals surface area contributed by atoms with Crippen LogP contribution < -0.4 is 0 Å². The predicted octanol–water partition coefficient (Wildman–Crippen LogP) is 14.6. The molecular formula is C24F50N4O3. The first kappa shape index (κ1) is 73.3. The highest BCUT2D eigenvalue weighted by atomic mass is 19.5. The molecular weight excluding hydrogens is 1340 g/mol. The molecule has 7 nitrogen and oxygen atoms in total. The van der Waals surface area contributed by atoms with Crippen molar-refractivity contribution in [2.45, 2.75) is 145 Å². The zero-order chi connectivity index (χ0) is 66.4. The van der Waals surface area contributed by atoms with Crippen LogP contribution in [0.25, 0.3) is 0 Å². The Labute approximate surface area is 400 Å². The molecule has 57 heteroatoms. The maximum atomic E-state index is 16.5. The Morgan fingerprint density at radius 2 is 0.395 bits per heavy atom. The molecule has 0 bridgehead atoms. The molecule has 2 fully saturated rings. The van der Waals surface area contributed by atoms with E-state index in [0.29, 0.717) is 0 Å². The fourth-order valence-electron chi connectivity index (χ4n) is 5.66. The van der Waals surface area contributed by atoms with Gasteiger partial charge in [-0.3, -0.25) is 0 Å². The van der Waals surface area contributed by atoms with E-state index < -0.39 is 165 Å². The molecule has 81 heavy (non-hydrogen) atoms. The van der Waals surface area contributed by atoms with Crippen LogP contribution in [0.3, 0.4) is 0 Å². The molecule has 2 aliphatic heterocycles. The summed E-state index contributed by atoms with van der Waals surface area (Å²) < 4.78 is 722. The molecule has 0 N–H and O–H groups in total. The molecule has 0 radical (unpaired) electrons. The second kappa shape index (κ2) is 17.9. The molecule has 0 aliphatic carbocycles. The number of halogens is 50. The number of nitrogens with zero attached hydrogens (tertiary/aromatic N) is 4. The quantitative estimate of drug-likeness (QED) is 0.113. The van der Waals surface area contributed by atoms with Gasteiger partial charge in [-0.1, -0.05) is 9.80 Å². The van der Waals surface area contributed by atoms with Gasteiger partial charge < -0.3 is 0 Å². The highest BCUT2D eigenvalue weighted by Crippen LogP contribution is 2.72. The zero-order valence-corrected chi connectivity index (χ0v) is 33.9. The summed E-state index contributed by atoms with van der Waals surface area (Å²) in [5.74, 6) is -47.0. The Morgan fingerprint density at radius 1 is 0.247 bits per heavy atom. The van der Waals surface area contributed by atoms with E-state index in [2.05, 4.69) is 0 Å². The van der Waals surface area contributed by atoms with Gasteiger partial charge >= 0.3 is 145 Å². The van der Waals surface area contributed by atoms with Crippen LogP contribution in [-0.2, 0) is 14.2 Å². The summed E-state index contributed by atoms with van der Waals surface area (Å²) in [6, 6.07) is -103. The fourth-order valence-corrected chi connectivity index (χ4v) is 5.66. The molecule has 0 spiro atoms. The minimum Gasteiger partial charge on any atom is -0.247 e. The summed E-state index contributed by atoms with van der Waals surface area (Å²) in [4.78, 5) is -26.6. The van der Waals surface area contributed by atoms with Crippen molar-refractivity contribution in [2.75, 3.05) is 0 Å². The van der Waals surface area contributed by atoms with E-state index in [9.17, 15) is 158 Å². The first-order chi connectivity index (χ1) is 34.1. The Kier molecular flexibility index (Phi) is 16.2. The number of morpholine rings is 2. The maximum Gasteiger partial charge on any atom is 0.469 e. The number of alkyl halides is 50. The molecule has 0 aromatic heterocycles. The Balaban J connectivity index is 3.84. The van der Waals surface area contributed by atoms with Crippen LogP contribution in [-0.4, -0.2) is 165 Å². The van der Waals surface area contributed by atoms with Crippen LogP contribution in [0.4, 0.5) is 220 Å². The predicted molar refractivity (Wildman–Crippen MR) is 132 cm³/mol. The molecule has 2 saturated heterocycles. The van der Waals surface area contributed by atoms with Crippen LogP contribution in [0.1, 0.15) is 0 Å². The van der Waals surface area contributed by atoms with Gasteiger partial charge in [-0.15, -0.1) is 9.80 Å². The highest BCUT2D eigenvalue weighted by molar-refractivity contribution is 5.18. The number of rotatable bonds is 16. The van der Waals surface area contributed by atoms with Crippen molar-refractivity contribution < 1.29 is 234 Å². The van der Waals surface area contributed by atoms with Crippen molar-refractivity contribution in [2.24, 2.45) is 0 Å². The van der Waals surface area contributed by atoms with Crippen molar-refractivity contribution >= 4 is 0 Å². The lowest BCUT2D eigenvalue weighted by molar-refractivity contribution is -0.628. The van der Waals surface area contributed by atoms with Gasteiger partial charge in [0.05, 0.1) is 0 Å². The van der Waals surface area contributed by atoms with E-state index in [0.717, 1.165) is 9.47 Å². The lowest BCUT2D eigenvalue weighted by atomic mass is 9.95. The van der Waals surface area contributed by atoms with Crippen molar-refractivity contribution in [3.05, 3.63) is 0 Å². The summed E-state index contributed by atoms with van der Waals surface area (Å²) in [5, 5.41) is 0. The SMILES string of the molecule is FC(F)(F)C(F)(F)N(C(F)(F)C(F)(F)F)C(F)(F)C(F)(F)C(F)(N1C(F)(F)C(F)(F)OC(F)(F)C1(F)F)C(F)(F)OC(F)(F)C(F)(N1C(F)(F)C(F)(F)OC(F)(F)C1(F)F)C(F)(F)C(F)(F)N(C(F)(F)C(F)(F)F)C(F)(F)C(F)(F)F. The first-order valence-electron chi connectivity index (χ1n) is 16.9. The Morgan fingerprint density at radius 3 is 0.531 bits per heavy atom. The Bertz CT molecular complexity index is 2060. The minimum atomic E-state index is -11.8. The zero-order valence-electron chi connectivity index (χ0n) is 33.9. The third-order valence-corrected chi connectivity index (χ3v) is 9.32. The van der Waals surface area contributed by atoms with Gasteiger partial charge in [-0.05, 0) is 0 Å². The third-order valence-electron chi connectivity index (χ3n) is 9.32. The lowest BCUT2D eigenvalue weighted by Gasteiger charge is -2.57. The van der Waals surface area contributed by atoms with Crippen LogP contribution in [0.15, 0.2) is 0 Å². The fraction of sp³-hybridized carbons (Fsp3) is 1.00. The van der Waals surface area contributed by atoms with E-state index in [4.69, 9.17) is 0 Å². The van der Waals surface area contributed by atoms with E-state index in [1.165, 1.54) is 0 Å². The maximum absolute atomic E-state index is 16.5. The average Bonchev–Trinajstić information content (AvgIpc) is 3.12. The van der Waals surface area contributed by atoms with Crippen LogP contribution in [0.2, 0.25) is 0 Å². The highest BCUT2D eigenvalue weighted by Gasteiger charge is 3.03. The molecule has 2 atom stereocenters. The summed E-state index contributed by atoms with van der Waals surface area (Å²) in [6.45, 7) is 0. The van der Waals surface area contributed by atoms with Gasteiger partial charge in [0.2, 0.25) is 0 Å².